The monoisotopic (exact) mass is 255 g/mol. The standard InChI is InChI=1S/C11H13NO4S/c1-8-3-2-4-9(5-8)12-10(13)6-17(16)7-11(14)15/h2-5H,6-7H2,1H3,(H,12,13)(H,14,15). The fraction of sp³-hybridized carbons (Fsp3) is 0.273. The van der Waals surface area contributed by atoms with E-state index in [0.717, 1.165) is 5.56 Å². The highest BCUT2D eigenvalue weighted by Crippen LogP contribution is 2.09. The van der Waals surface area contributed by atoms with E-state index in [1.54, 1.807) is 18.2 Å². The predicted octanol–water partition coefficient (Wildman–Crippen LogP) is 0.767. The largest absolute Gasteiger partial charge is 0.481 e. The average Bonchev–Trinajstić information content (AvgIpc) is 2.14. The van der Waals surface area contributed by atoms with Crippen LogP contribution < -0.4 is 5.32 Å². The Morgan fingerprint density at radius 2 is 2.06 bits per heavy atom. The molecule has 1 amide bonds. The van der Waals surface area contributed by atoms with E-state index in [0.29, 0.717) is 5.69 Å². The molecule has 0 aliphatic carbocycles. The van der Waals surface area contributed by atoms with Crippen LogP contribution in [0, 0.1) is 6.92 Å². The number of hydrogen-bond acceptors (Lipinski definition) is 3. The zero-order valence-corrected chi connectivity index (χ0v) is 10.1. The smallest absolute Gasteiger partial charge is 0.316 e. The van der Waals surface area contributed by atoms with Crippen LogP contribution in [-0.2, 0) is 20.4 Å². The molecule has 1 unspecified atom stereocenters. The topological polar surface area (TPSA) is 83.5 Å². The summed E-state index contributed by atoms with van der Waals surface area (Å²) in [7, 11) is -1.67. The van der Waals surface area contributed by atoms with Crippen molar-refractivity contribution >= 4 is 28.4 Å². The van der Waals surface area contributed by atoms with Crippen LogP contribution in [-0.4, -0.2) is 32.7 Å². The van der Waals surface area contributed by atoms with Crippen LogP contribution in [0.3, 0.4) is 0 Å². The Hall–Kier alpha value is -1.69. The summed E-state index contributed by atoms with van der Waals surface area (Å²) in [4.78, 5) is 21.7. The number of nitrogens with one attached hydrogen (secondary N) is 1. The normalized spacial score (nSPS) is 11.8. The summed E-state index contributed by atoms with van der Waals surface area (Å²) in [5.41, 5.74) is 1.61. The molecule has 0 aliphatic heterocycles. The minimum absolute atomic E-state index is 0.305. The van der Waals surface area contributed by atoms with E-state index in [4.69, 9.17) is 5.11 Å². The maximum absolute atomic E-state index is 11.4. The van der Waals surface area contributed by atoms with Gasteiger partial charge in [0, 0.05) is 16.5 Å². The Morgan fingerprint density at radius 3 is 2.65 bits per heavy atom. The van der Waals surface area contributed by atoms with E-state index in [9.17, 15) is 13.8 Å². The van der Waals surface area contributed by atoms with Gasteiger partial charge in [-0.05, 0) is 24.6 Å². The van der Waals surface area contributed by atoms with Crippen LogP contribution in [0.15, 0.2) is 24.3 Å². The molecule has 1 aromatic rings. The van der Waals surface area contributed by atoms with E-state index in [-0.39, 0.29) is 5.75 Å². The van der Waals surface area contributed by atoms with Gasteiger partial charge in [-0.2, -0.15) is 0 Å². The molecule has 17 heavy (non-hydrogen) atoms. The predicted molar refractivity (Wildman–Crippen MR) is 65.3 cm³/mol. The molecule has 0 heterocycles. The van der Waals surface area contributed by atoms with E-state index in [1.807, 2.05) is 13.0 Å². The molecule has 0 radical (unpaired) electrons. The summed E-state index contributed by atoms with van der Waals surface area (Å²) >= 11 is 0. The Morgan fingerprint density at radius 1 is 1.35 bits per heavy atom. The number of carboxylic acid groups (broad SMARTS) is 1. The Kier molecular flexibility index (Phi) is 4.84. The van der Waals surface area contributed by atoms with Gasteiger partial charge in [-0.1, -0.05) is 12.1 Å². The fourth-order valence-corrected chi connectivity index (χ4v) is 2.00. The van der Waals surface area contributed by atoms with Crippen LogP contribution in [0.2, 0.25) is 0 Å². The van der Waals surface area contributed by atoms with Gasteiger partial charge in [-0.25, -0.2) is 0 Å². The molecule has 1 aromatic carbocycles. The van der Waals surface area contributed by atoms with Crippen molar-refractivity contribution in [2.24, 2.45) is 0 Å². The van der Waals surface area contributed by atoms with Gasteiger partial charge in [0.25, 0.3) is 0 Å². The molecule has 0 saturated heterocycles. The minimum Gasteiger partial charge on any atom is -0.481 e. The summed E-state index contributed by atoms with van der Waals surface area (Å²) in [5.74, 6) is -2.44. The van der Waals surface area contributed by atoms with Crippen LogP contribution in [0.4, 0.5) is 5.69 Å². The molecule has 0 fully saturated rings. The lowest BCUT2D eigenvalue weighted by Crippen LogP contribution is -2.23. The first-order chi connectivity index (χ1) is 7.97. The molecule has 0 spiro atoms. The number of aliphatic carboxylic acids is 1. The van der Waals surface area contributed by atoms with Gasteiger partial charge < -0.3 is 10.4 Å². The van der Waals surface area contributed by atoms with Gasteiger partial charge >= 0.3 is 5.97 Å². The number of anilines is 1. The number of amides is 1. The van der Waals surface area contributed by atoms with Crippen molar-refractivity contribution in [3.05, 3.63) is 29.8 Å². The van der Waals surface area contributed by atoms with Crippen molar-refractivity contribution in [2.75, 3.05) is 16.8 Å². The number of hydrogen-bond donors (Lipinski definition) is 2. The zero-order chi connectivity index (χ0) is 12.8. The SMILES string of the molecule is Cc1cccc(NC(=O)CS(=O)CC(=O)O)c1. The van der Waals surface area contributed by atoms with Crippen LogP contribution in [0.5, 0.6) is 0 Å². The molecular formula is C11H13NO4S. The van der Waals surface area contributed by atoms with Gasteiger partial charge in [0.15, 0.2) is 0 Å². The average molecular weight is 255 g/mol. The van der Waals surface area contributed by atoms with E-state index < -0.39 is 28.4 Å². The second-order valence-corrected chi connectivity index (χ2v) is 5.00. The molecule has 0 aromatic heterocycles. The maximum Gasteiger partial charge on any atom is 0.316 e. The van der Waals surface area contributed by atoms with Crippen LogP contribution in [0.25, 0.3) is 0 Å². The minimum atomic E-state index is -1.67. The summed E-state index contributed by atoms with van der Waals surface area (Å²) in [5, 5.41) is 11.0. The quantitative estimate of drug-likeness (QED) is 0.814. The lowest BCUT2D eigenvalue weighted by Gasteiger charge is -2.05. The van der Waals surface area contributed by atoms with Gasteiger partial charge in [0.1, 0.15) is 11.5 Å². The van der Waals surface area contributed by atoms with Gasteiger partial charge in [-0.15, -0.1) is 0 Å². The lowest BCUT2D eigenvalue weighted by atomic mass is 10.2. The van der Waals surface area contributed by atoms with Crippen molar-refractivity contribution in [2.45, 2.75) is 6.92 Å². The van der Waals surface area contributed by atoms with E-state index in [1.165, 1.54) is 0 Å². The summed E-state index contributed by atoms with van der Waals surface area (Å²) < 4.78 is 11.2. The zero-order valence-electron chi connectivity index (χ0n) is 9.30. The third-order valence-corrected chi connectivity index (χ3v) is 3.03. The van der Waals surface area contributed by atoms with Gasteiger partial charge in [0.2, 0.25) is 5.91 Å². The maximum atomic E-state index is 11.4. The molecule has 1 rings (SSSR count). The molecule has 0 bridgehead atoms. The summed E-state index contributed by atoms with van der Waals surface area (Å²) in [6.45, 7) is 1.89. The van der Waals surface area contributed by atoms with Crippen molar-refractivity contribution in [1.29, 1.82) is 0 Å². The Bertz CT molecular complexity index is 459. The summed E-state index contributed by atoms with van der Waals surface area (Å²) in [6, 6.07) is 7.17. The number of carbonyl (C=O) groups excluding carboxylic acids is 1. The van der Waals surface area contributed by atoms with Crippen molar-refractivity contribution < 1.29 is 18.9 Å². The van der Waals surface area contributed by atoms with Crippen molar-refractivity contribution in [3.8, 4) is 0 Å². The number of rotatable bonds is 5. The Labute approximate surface area is 101 Å². The number of benzene rings is 1. The van der Waals surface area contributed by atoms with E-state index >= 15 is 0 Å². The summed E-state index contributed by atoms with van der Waals surface area (Å²) in [6.07, 6.45) is 0. The lowest BCUT2D eigenvalue weighted by molar-refractivity contribution is -0.133. The first-order valence-electron chi connectivity index (χ1n) is 4.90. The third kappa shape index (κ3) is 5.26. The van der Waals surface area contributed by atoms with Crippen LogP contribution >= 0.6 is 0 Å². The molecular weight excluding hydrogens is 242 g/mol. The Balaban J connectivity index is 2.50. The van der Waals surface area contributed by atoms with Crippen molar-refractivity contribution in [3.63, 3.8) is 0 Å². The first-order valence-corrected chi connectivity index (χ1v) is 6.39. The number of carboxylic acids is 1. The molecule has 0 aliphatic rings. The molecule has 92 valence electrons. The molecule has 0 saturated carbocycles. The molecule has 1 atom stereocenters. The molecule has 6 heteroatoms. The first kappa shape index (κ1) is 13.4. The highest BCUT2D eigenvalue weighted by molar-refractivity contribution is 7.86. The number of carbonyl (C=O) groups is 2. The highest BCUT2D eigenvalue weighted by Gasteiger charge is 2.11. The van der Waals surface area contributed by atoms with Crippen molar-refractivity contribution in [1.82, 2.24) is 0 Å². The second kappa shape index (κ2) is 6.15. The van der Waals surface area contributed by atoms with E-state index in [2.05, 4.69) is 5.32 Å². The molecule has 5 nitrogen and oxygen atoms in total. The third-order valence-electron chi connectivity index (χ3n) is 1.88. The van der Waals surface area contributed by atoms with Crippen LogP contribution in [0.1, 0.15) is 5.56 Å². The number of aryl methyl sites for hydroxylation is 1. The van der Waals surface area contributed by atoms with Gasteiger partial charge in [-0.3, -0.25) is 13.8 Å². The highest BCUT2D eigenvalue weighted by atomic mass is 32.2. The second-order valence-electron chi connectivity index (χ2n) is 3.54. The fourth-order valence-electron chi connectivity index (χ4n) is 1.25. The van der Waals surface area contributed by atoms with Gasteiger partial charge in [0.05, 0.1) is 0 Å². The molecule has 2 N–H and O–H groups in total.